The Balaban J connectivity index is 1.06. The highest BCUT2D eigenvalue weighted by atomic mass is 32.1. The molecule has 1 unspecified atom stereocenters. The summed E-state index contributed by atoms with van der Waals surface area (Å²) in [4.78, 5) is 0. The van der Waals surface area contributed by atoms with E-state index in [0.29, 0.717) is 0 Å². The average Bonchev–Trinajstić information content (AvgIpc) is 4.04. The van der Waals surface area contributed by atoms with Crippen molar-refractivity contribution >= 4 is 104 Å². The number of aromatic nitrogens is 2. The molecule has 1 atom stereocenters. The monoisotopic (exact) mass is 904 g/mol. The third-order valence-corrected chi connectivity index (χ3v) is 20.3. The lowest BCUT2D eigenvalue weighted by Gasteiger charge is -2.35. The lowest BCUT2D eigenvalue weighted by Crippen LogP contribution is -2.74. The summed E-state index contributed by atoms with van der Waals surface area (Å²) >= 11 is 1.90. The Hall–Kier alpha value is -7.76. The molecule has 3 heterocycles. The summed E-state index contributed by atoms with van der Waals surface area (Å²) in [5.74, 6) is 0. The SMILES string of the molecule is CC(C)(C)c1ccc2sc3ccc([Si](c4ccccc4)(c4ccc(-c5ccccc5)cc4)c4cccc(-n5c6ccccc6c6cc(-n7c8ccccc8c8ccccc87)ccc65)c4)cc3c2c1. The molecule has 68 heavy (non-hydrogen) atoms. The Kier molecular flexibility index (Phi) is 9.33. The molecule has 0 N–H and O–H groups in total. The number of hydrogen-bond donors (Lipinski definition) is 0. The number of rotatable bonds is 7. The first-order chi connectivity index (χ1) is 33.3. The number of nitrogens with zero attached hydrogens (tertiary/aromatic N) is 2. The number of benzene rings is 10. The van der Waals surface area contributed by atoms with E-state index in [9.17, 15) is 0 Å². The molecule has 0 radical (unpaired) electrons. The Morgan fingerprint density at radius 3 is 1.44 bits per heavy atom. The third-order valence-electron chi connectivity index (χ3n) is 14.4. The van der Waals surface area contributed by atoms with Crippen LogP contribution in [0.3, 0.4) is 0 Å². The van der Waals surface area contributed by atoms with E-state index < -0.39 is 8.07 Å². The van der Waals surface area contributed by atoms with Crippen molar-refractivity contribution in [3.63, 3.8) is 0 Å². The van der Waals surface area contributed by atoms with Gasteiger partial charge in [0.2, 0.25) is 0 Å². The number of fused-ring (bicyclic) bond motifs is 9. The van der Waals surface area contributed by atoms with Crippen molar-refractivity contribution in [3.05, 3.63) is 242 Å². The summed E-state index contributed by atoms with van der Waals surface area (Å²) in [5, 5.41) is 13.1. The maximum absolute atomic E-state index is 3.04. The van der Waals surface area contributed by atoms with Gasteiger partial charge in [-0.05, 0) is 110 Å². The highest BCUT2D eigenvalue weighted by Crippen LogP contribution is 2.39. The molecule has 324 valence electrons. The van der Waals surface area contributed by atoms with E-state index >= 15 is 0 Å². The molecule has 10 aromatic carbocycles. The van der Waals surface area contributed by atoms with Gasteiger partial charge in [0.25, 0.3) is 0 Å². The van der Waals surface area contributed by atoms with E-state index in [-0.39, 0.29) is 5.41 Å². The Morgan fingerprint density at radius 2 is 0.794 bits per heavy atom. The largest absolute Gasteiger partial charge is 0.309 e. The predicted molar refractivity (Wildman–Crippen MR) is 296 cm³/mol. The first-order valence-corrected chi connectivity index (χ1v) is 26.5. The topological polar surface area (TPSA) is 9.86 Å². The van der Waals surface area contributed by atoms with E-state index in [4.69, 9.17) is 0 Å². The first-order valence-electron chi connectivity index (χ1n) is 23.7. The second-order valence-electron chi connectivity index (χ2n) is 19.3. The van der Waals surface area contributed by atoms with Crippen LogP contribution >= 0.6 is 11.3 Å². The summed E-state index contributed by atoms with van der Waals surface area (Å²) < 4.78 is 7.58. The highest BCUT2D eigenvalue weighted by molar-refractivity contribution is 7.26. The van der Waals surface area contributed by atoms with Crippen molar-refractivity contribution in [2.75, 3.05) is 0 Å². The smallest absolute Gasteiger partial charge is 0.179 e. The zero-order chi connectivity index (χ0) is 45.6. The van der Waals surface area contributed by atoms with Crippen molar-refractivity contribution in [1.82, 2.24) is 9.13 Å². The van der Waals surface area contributed by atoms with Gasteiger partial charge in [0.15, 0.2) is 8.07 Å². The molecule has 0 fully saturated rings. The summed E-state index contributed by atoms with van der Waals surface area (Å²) in [6.07, 6.45) is 0. The minimum atomic E-state index is -3.04. The number of hydrogen-bond acceptors (Lipinski definition) is 1. The molecule has 0 aliphatic rings. The minimum Gasteiger partial charge on any atom is -0.309 e. The standard InChI is InChI=1S/C64H48N2SSi/c1-64(2,3)45-31-37-62-56(39-45)57-42-51(35-38-63(57)67-62)68(48-20-8-5-9-21-48,49-33-29-44(30-34-49)43-17-6-4-7-18-43)50-22-16-19-46(40-50)65-60-28-15-12-25-54(60)55-41-47(32-36-61(55)65)66-58-26-13-10-23-52(58)53-24-11-14-27-59(53)66/h4-42H,1-3H3. The van der Waals surface area contributed by atoms with Gasteiger partial charge in [0.05, 0.1) is 22.1 Å². The maximum atomic E-state index is 2.56. The molecular formula is C64H48N2SSi. The Labute approximate surface area is 401 Å². The van der Waals surface area contributed by atoms with Crippen molar-refractivity contribution in [3.8, 4) is 22.5 Å². The molecule has 0 bridgehead atoms. The Bertz CT molecular complexity index is 4010. The normalized spacial score (nSPS) is 13.0. The Morgan fingerprint density at radius 1 is 0.324 bits per heavy atom. The van der Waals surface area contributed by atoms with Gasteiger partial charge in [0, 0.05) is 53.1 Å². The van der Waals surface area contributed by atoms with Crippen LogP contribution in [0.15, 0.2) is 237 Å². The van der Waals surface area contributed by atoms with Gasteiger partial charge in [-0.3, -0.25) is 0 Å². The van der Waals surface area contributed by atoms with Crippen molar-refractivity contribution in [2.24, 2.45) is 0 Å². The summed E-state index contributed by atoms with van der Waals surface area (Å²) in [5.41, 5.74) is 11.0. The van der Waals surface area contributed by atoms with Crippen molar-refractivity contribution < 1.29 is 0 Å². The molecule has 13 aromatic rings. The quantitative estimate of drug-likeness (QED) is 0.111. The highest BCUT2D eigenvalue weighted by Gasteiger charge is 2.42. The van der Waals surface area contributed by atoms with Crippen LogP contribution < -0.4 is 20.7 Å². The van der Waals surface area contributed by atoms with Crippen LogP contribution in [-0.4, -0.2) is 17.2 Å². The fourth-order valence-electron chi connectivity index (χ4n) is 11.2. The number of thiophene rings is 1. The van der Waals surface area contributed by atoms with Gasteiger partial charge in [-0.25, -0.2) is 0 Å². The fourth-order valence-corrected chi connectivity index (χ4v) is 17.0. The van der Waals surface area contributed by atoms with E-state index in [0.717, 1.165) is 11.4 Å². The summed E-state index contributed by atoms with van der Waals surface area (Å²) in [6, 6.07) is 89.3. The molecule has 0 aliphatic carbocycles. The molecule has 3 aromatic heterocycles. The molecule has 13 rings (SSSR count). The van der Waals surface area contributed by atoms with E-state index in [1.54, 1.807) is 0 Å². The van der Waals surface area contributed by atoms with Crippen LogP contribution in [0.4, 0.5) is 0 Å². The molecule has 2 nitrogen and oxygen atoms in total. The second-order valence-corrected chi connectivity index (χ2v) is 24.2. The molecular weight excluding hydrogens is 857 g/mol. The fraction of sp³-hybridized carbons (Fsp3) is 0.0625. The van der Waals surface area contributed by atoms with Gasteiger partial charge in [0.1, 0.15) is 0 Å². The van der Waals surface area contributed by atoms with Gasteiger partial charge in [-0.15, -0.1) is 11.3 Å². The van der Waals surface area contributed by atoms with Crippen molar-refractivity contribution in [1.29, 1.82) is 0 Å². The summed E-state index contributed by atoms with van der Waals surface area (Å²) in [7, 11) is -3.04. The zero-order valence-corrected chi connectivity index (χ0v) is 40.1. The lowest BCUT2D eigenvalue weighted by molar-refractivity contribution is 0.591. The van der Waals surface area contributed by atoms with E-state index in [1.165, 1.54) is 101 Å². The lowest BCUT2D eigenvalue weighted by atomic mass is 9.86. The third kappa shape index (κ3) is 6.28. The average molecular weight is 905 g/mol. The van der Waals surface area contributed by atoms with Crippen LogP contribution in [0.2, 0.25) is 0 Å². The van der Waals surface area contributed by atoms with Crippen LogP contribution in [0, 0.1) is 0 Å². The molecule has 0 saturated heterocycles. The zero-order valence-electron chi connectivity index (χ0n) is 38.3. The molecule has 0 aliphatic heterocycles. The van der Waals surface area contributed by atoms with Gasteiger partial charge < -0.3 is 9.13 Å². The predicted octanol–water partition coefficient (Wildman–Crippen LogP) is 14.6. The van der Waals surface area contributed by atoms with Crippen LogP contribution in [0.5, 0.6) is 0 Å². The summed E-state index contributed by atoms with van der Waals surface area (Å²) in [6.45, 7) is 6.94. The van der Waals surface area contributed by atoms with Gasteiger partial charge >= 0.3 is 0 Å². The van der Waals surface area contributed by atoms with Crippen LogP contribution in [0.25, 0.3) is 86.3 Å². The molecule has 0 spiro atoms. The first kappa shape index (κ1) is 40.5. The molecule has 4 heteroatoms. The molecule has 0 saturated carbocycles. The molecule has 0 amide bonds. The number of para-hydroxylation sites is 3. The minimum absolute atomic E-state index is 0.0446. The maximum Gasteiger partial charge on any atom is 0.179 e. The van der Waals surface area contributed by atoms with Gasteiger partial charge in [-0.1, -0.05) is 191 Å². The van der Waals surface area contributed by atoms with Crippen LogP contribution in [-0.2, 0) is 5.41 Å². The van der Waals surface area contributed by atoms with Crippen LogP contribution in [0.1, 0.15) is 26.3 Å². The van der Waals surface area contributed by atoms with Crippen molar-refractivity contribution in [2.45, 2.75) is 26.2 Å². The van der Waals surface area contributed by atoms with E-state index in [1.807, 2.05) is 11.3 Å². The van der Waals surface area contributed by atoms with E-state index in [2.05, 4.69) is 266 Å². The second kappa shape index (κ2) is 15.7. The van der Waals surface area contributed by atoms with Gasteiger partial charge in [-0.2, -0.15) is 0 Å².